The van der Waals surface area contributed by atoms with E-state index in [0.29, 0.717) is 0 Å². The van der Waals surface area contributed by atoms with Crippen molar-refractivity contribution in [3.63, 3.8) is 0 Å². The van der Waals surface area contributed by atoms with Crippen LogP contribution in [0.15, 0.2) is 29.3 Å². The lowest BCUT2D eigenvalue weighted by Crippen LogP contribution is -2.25. The molecule has 0 amide bonds. The van der Waals surface area contributed by atoms with Gasteiger partial charge in [-0.15, -0.1) is 0 Å². The molecule has 0 heterocycles. The Morgan fingerprint density at radius 1 is 1.04 bits per heavy atom. The summed E-state index contributed by atoms with van der Waals surface area (Å²) in [5.41, 5.74) is 1.18. The number of rotatable bonds is 5. The van der Waals surface area contributed by atoms with E-state index in [0.717, 1.165) is 42.1 Å². The first-order valence-corrected chi connectivity index (χ1v) is 11.1. The fraction of sp³-hybridized carbons (Fsp3) is 0.609. The van der Waals surface area contributed by atoms with Gasteiger partial charge in [0.15, 0.2) is 0 Å². The monoisotopic (exact) mass is 417 g/mol. The second-order valence-electron chi connectivity index (χ2n) is 8.24. The summed E-state index contributed by atoms with van der Waals surface area (Å²) in [5, 5.41) is 8.82. The van der Waals surface area contributed by atoms with E-state index >= 15 is 0 Å². The Morgan fingerprint density at radius 3 is 2.27 bits per heavy atom. The van der Waals surface area contributed by atoms with Gasteiger partial charge in [0.1, 0.15) is 11.9 Å². The first-order valence-electron chi connectivity index (χ1n) is 10.1. The molecule has 2 aliphatic rings. The molecule has 2 fully saturated rings. The van der Waals surface area contributed by atoms with Gasteiger partial charge in [-0.2, -0.15) is 5.26 Å². The SMILES string of the molecule is N#Cc1ccc(CCC2CCC(C3CCC(C=CBr)CC3)CC2)cc1F. The van der Waals surface area contributed by atoms with Crippen LogP contribution in [0.1, 0.15) is 68.9 Å². The van der Waals surface area contributed by atoms with Crippen molar-refractivity contribution in [2.75, 3.05) is 0 Å². The third-order valence-electron chi connectivity index (χ3n) is 6.71. The lowest BCUT2D eigenvalue weighted by Gasteiger charge is -2.37. The van der Waals surface area contributed by atoms with Crippen LogP contribution in [0.4, 0.5) is 4.39 Å². The van der Waals surface area contributed by atoms with Gasteiger partial charge in [-0.05, 0) is 97.7 Å². The van der Waals surface area contributed by atoms with Crippen LogP contribution in [-0.2, 0) is 6.42 Å². The van der Waals surface area contributed by atoms with Crippen LogP contribution in [-0.4, -0.2) is 0 Å². The van der Waals surface area contributed by atoms with Crippen molar-refractivity contribution >= 4 is 15.9 Å². The fourth-order valence-electron chi connectivity index (χ4n) is 5.04. The molecule has 1 aromatic carbocycles. The van der Waals surface area contributed by atoms with Gasteiger partial charge in [0.05, 0.1) is 5.56 Å². The van der Waals surface area contributed by atoms with Crippen molar-refractivity contribution in [3.8, 4) is 6.07 Å². The maximum atomic E-state index is 13.7. The quantitative estimate of drug-likeness (QED) is 0.498. The molecule has 1 aromatic rings. The number of allylic oxidation sites excluding steroid dienone is 1. The van der Waals surface area contributed by atoms with Crippen LogP contribution in [0.2, 0.25) is 0 Å². The van der Waals surface area contributed by atoms with E-state index in [2.05, 4.69) is 22.0 Å². The lowest BCUT2D eigenvalue weighted by atomic mass is 9.68. The zero-order valence-electron chi connectivity index (χ0n) is 15.5. The zero-order valence-corrected chi connectivity index (χ0v) is 17.1. The summed E-state index contributed by atoms with van der Waals surface area (Å²) in [7, 11) is 0. The number of nitriles is 1. The lowest BCUT2D eigenvalue weighted by molar-refractivity contribution is 0.153. The average molecular weight is 418 g/mol. The first-order chi connectivity index (χ1) is 12.7. The second-order valence-corrected chi connectivity index (χ2v) is 8.77. The Kier molecular flexibility index (Phi) is 7.32. The van der Waals surface area contributed by atoms with Gasteiger partial charge in [0.2, 0.25) is 0 Å². The van der Waals surface area contributed by atoms with Gasteiger partial charge in [0, 0.05) is 0 Å². The van der Waals surface area contributed by atoms with E-state index in [4.69, 9.17) is 5.26 Å². The Hall–Kier alpha value is -1.14. The third kappa shape index (κ3) is 5.19. The first kappa shape index (κ1) is 19.6. The fourth-order valence-corrected chi connectivity index (χ4v) is 5.47. The summed E-state index contributed by atoms with van der Waals surface area (Å²) in [6.45, 7) is 0. The minimum Gasteiger partial charge on any atom is -0.206 e. The molecule has 3 heteroatoms. The van der Waals surface area contributed by atoms with Crippen molar-refractivity contribution in [2.24, 2.45) is 23.7 Å². The van der Waals surface area contributed by atoms with Crippen LogP contribution in [0.25, 0.3) is 0 Å². The molecule has 0 bridgehead atoms. The van der Waals surface area contributed by atoms with Crippen molar-refractivity contribution in [3.05, 3.63) is 46.2 Å². The second kappa shape index (κ2) is 9.70. The smallest absolute Gasteiger partial charge is 0.141 e. The number of benzene rings is 1. The summed E-state index contributed by atoms with van der Waals surface area (Å²) >= 11 is 3.41. The van der Waals surface area contributed by atoms with Gasteiger partial charge in [-0.1, -0.05) is 40.9 Å². The summed E-state index contributed by atoms with van der Waals surface area (Å²) in [4.78, 5) is 2.03. The molecule has 0 aliphatic heterocycles. The number of nitrogens with zero attached hydrogens (tertiary/aromatic N) is 1. The molecule has 0 radical (unpaired) electrons. The highest BCUT2D eigenvalue weighted by Crippen LogP contribution is 2.42. The largest absolute Gasteiger partial charge is 0.206 e. The average Bonchev–Trinajstić information content (AvgIpc) is 2.68. The van der Waals surface area contributed by atoms with E-state index in [-0.39, 0.29) is 11.4 Å². The molecule has 0 aromatic heterocycles. The van der Waals surface area contributed by atoms with Crippen molar-refractivity contribution in [1.82, 2.24) is 0 Å². The highest BCUT2D eigenvalue weighted by Gasteiger charge is 2.30. The number of halogens is 2. The van der Waals surface area contributed by atoms with E-state index in [1.165, 1.54) is 51.4 Å². The standard InChI is InChI=1S/C23H29BrFN/c24-14-13-18-5-10-21(11-6-18)20-8-3-17(4-9-20)1-2-19-7-12-22(16-26)23(25)15-19/h7,12-15,17-18,20-21H,1-6,8-11H2. The summed E-state index contributed by atoms with van der Waals surface area (Å²) in [6.07, 6.45) is 15.4. The summed E-state index contributed by atoms with van der Waals surface area (Å²) in [6, 6.07) is 6.96. The molecule has 140 valence electrons. The minimum atomic E-state index is -0.376. The maximum Gasteiger partial charge on any atom is 0.141 e. The molecule has 3 rings (SSSR count). The molecule has 1 nitrogen and oxygen atoms in total. The van der Waals surface area contributed by atoms with E-state index < -0.39 is 0 Å². The minimum absolute atomic E-state index is 0.149. The highest BCUT2D eigenvalue weighted by atomic mass is 79.9. The van der Waals surface area contributed by atoms with Crippen molar-refractivity contribution in [2.45, 2.75) is 64.2 Å². The van der Waals surface area contributed by atoms with Gasteiger partial charge >= 0.3 is 0 Å². The van der Waals surface area contributed by atoms with Crippen LogP contribution in [0.5, 0.6) is 0 Å². The molecular weight excluding hydrogens is 389 g/mol. The van der Waals surface area contributed by atoms with E-state index in [1.54, 1.807) is 12.1 Å². The molecule has 2 aliphatic carbocycles. The summed E-state index contributed by atoms with van der Waals surface area (Å²) < 4.78 is 13.7. The predicted octanol–water partition coefficient (Wildman–Crippen LogP) is 7.15. The van der Waals surface area contributed by atoms with Gasteiger partial charge in [-0.3, -0.25) is 0 Å². The number of aryl methyl sites for hydroxylation is 1. The zero-order chi connectivity index (χ0) is 18.4. The van der Waals surface area contributed by atoms with Crippen molar-refractivity contribution in [1.29, 1.82) is 5.26 Å². The van der Waals surface area contributed by atoms with Crippen LogP contribution in [0, 0.1) is 40.8 Å². The topological polar surface area (TPSA) is 23.8 Å². The molecule has 0 unspecified atom stereocenters. The van der Waals surface area contributed by atoms with Crippen LogP contribution < -0.4 is 0 Å². The van der Waals surface area contributed by atoms with Crippen LogP contribution >= 0.6 is 15.9 Å². The Bertz CT molecular complexity index is 647. The van der Waals surface area contributed by atoms with Gasteiger partial charge in [0.25, 0.3) is 0 Å². The Labute approximate surface area is 165 Å². The predicted molar refractivity (Wildman–Crippen MR) is 108 cm³/mol. The molecule has 0 N–H and O–H groups in total. The van der Waals surface area contributed by atoms with Crippen molar-refractivity contribution < 1.29 is 4.39 Å². The summed E-state index contributed by atoms with van der Waals surface area (Å²) in [5.74, 6) is 3.09. The number of hydrogen-bond acceptors (Lipinski definition) is 1. The van der Waals surface area contributed by atoms with Gasteiger partial charge < -0.3 is 0 Å². The van der Waals surface area contributed by atoms with Crippen LogP contribution in [0.3, 0.4) is 0 Å². The molecule has 0 spiro atoms. The normalized spacial score (nSPS) is 29.6. The number of hydrogen-bond donors (Lipinski definition) is 0. The van der Waals surface area contributed by atoms with E-state index in [1.807, 2.05) is 17.1 Å². The molecular formula is C23H29BrFN. The molecule has 2 saturated carbocycles. The Balaban J connectivity index is 1.40. The maximum absolute atomic E-state index is 13.7. The molecule has 26 heavy (non-hydrogen) atoms. The Morgan fingerprint density at radius 2 is 1.69 bits per heavy atom. The van der Waals surface area contributed by atoms with Gasteiger partial charge in [-0.25, -0.2) is 4.39 Å². The molecule has 0 atom stereocenters. The highest BCUT2D eigenvalue weighted by molar-refractivity contribution is 9.11. The third-order valence-corrected chi connectivity index (χ3v) is 7.02. The molecule has 0 saturated heterocycles. The van der Waals surface area contributed by atoms with E-state index in [9.17, 15) is 4.39 Å².